The van der Waals surface area contributed by atoms with Gasteiger partial charge in [-0.05, 0) is 36.4 Å². The Hall–Kier alpha value is -2.86. The van der Waals surface area contributed by atoms with Crippen molar-refractivity contribution in [2.24, 2.45) is 0 Å². The van der Waals surface area contributed by atoms with E-state index in [4.69, 9.17) is 4.74 Å². The number of likely N-dealkylation sites (N-methyl/N-ethyl adjacent to an activating group) is 1. The minimum atomic E-state index is -0.291. The van der Waals surface area contributed by atoms with Crippen LogP contribution in [0.25, 0.3) is 0 Å². The van der Waals surface area contributed by atoms with Gasteiger partial charge in [-0.1, -0.05) is 37.3 Å². The van der Waals surface area contributed by atoms with E-state index in [-0.39, 0.29) is 18.2 Å². The molecule has 0 spiro atoms. The SMILES string of the molecule is CCN1CCN(C(=O)CC(=O)Nc2ccc(OCc3ccccc3)cc2)CC1. The average Bonchev–Trinajstić information content (AvgIpc) is 2.74. The van der Waals surface area contributed by atoms with Crippen LogP contribution >= 0.6 is 0 Å². The standard InChI is InChI=1S/C22H27N3O3/c1-2-24-12-14-25(15-13-24)22(27)16-21(26)23-19-8-10-20(11-9-19)28-17-18-6-4-3-5-7-18/h3-11H,2,12-17H2,1H3,(H,23,26). The maximum absolute atomic E-state index is 12.3. The number of nitrogens with zero attached hydrogens (tertiary/aromatic N) is 2. The van der Waals surface area contributed by atoms with E-state index in [1.807, 2.05) is 42.5 Å². The van der Waals surface area contributed by atoms with Crippen LogP contribution in [0.1, 0.15) is 18.9 Å². The first kappa shape index (κ1) is 19.9. The number of piperazine rings is 1. The van der Waals surface area contributed by atoms with E-state index in [0.29, 0.717) is 25.4 Å². The summed E-state index contributed by atoms with van der Waals surface area (Å²) < 4.78 is 5.74. The third-order valence-electron chi connectivity index (χ3n) is 4.87. The second kappa shape index (κ2) is 9.90. The Labute approximate surface area is 166 Å². The number of hydrogen-bond donors (Lipinski definition) is 1. The molecule has 2 aromatic carbocycles. The van der Waals surface area contributed by atoms with E-state index < -0.39 is 0 Å². The molecule has 0 aromatic heterocycles. The molecule has 1 heterocycles. The minimum Gasteiger partial charge on any atom is -0.489 e. The van der Waals surface area contributed by atoms with Gasteiger partial charge >= 0.3 is 0 Å². The summed E-state index contributed by atoms with van der Waals surface area (Å²) in [6.45, 7) is 6.71. The molecule has 1 aliphatic heterocycles. The first-order valence-corrected chi connectivity index (χ1v) is 9.71. The van der Waals surface area contributed by atoms with Crippen molar-refractivity contribution in [1.29, 1.82) is 0 Å². The fourth-order valence-electron chi connectivity index (χ4n) is 3.14. The number of hydrogen-bond acceptors (Lipinski definition) is 4. The summed E-state index contributed by atoms with van der Waals surface area (Å²) in [5.74, 6) is 0.323. The molecule has 0 saturated carbocycles. The van der Waals surface area contributed by atoms with E-state index in [1.165, 1.54) is 0 Å². The van der Waals surface area contributed by atoms with Crippen LogP contribution in [0.15, 0.2) is 54.6 Å². The molecular weight excluding hydrogens is 354 g/mol. The van der Waals surface area contributed by atoms with Gasteiger partial charge in [0.1, 0.15) is 18.8 Å². The highest BCUT2D eigenvalue weighted by atomic mass is 16.5. The zero-order valence-corrected chi connectivity index (χ0v) is 16.3. The first-order chi connectivity index (χ1) is 13.6. The molecular formula is C22H27N3O3. The lowest BCUT2D eigenvalue weighted by Crippen LogP contribution is -2.49. The molecule has 3 rings (SSSR count). The van der Waals surface area contributed by atoms with Gasteiger partial charge in [-0.2, -0.15) is 0 Å². The van der Waals surface area contributed by atoms with Crippen molar-refractivity contribution in [3.63, 3.8) is 0 Å². The van der Waals surface area contributed by atoms with Gasteiger partial charge in [-0.25, -0.2) is 0 Å². The van der Waals surface area contributed by atoms with E-state index >= 15 is 0 Å². The molecule has 28 heavy (non-hydrogen) atoms. The van der Waals surface area contributed by atoms with Gasteiger partial charge < -0.3 is 19.9 Å². The number of carbonyl (C=O) groups excluding carboxylic acids is 2. The molecule has 0 unspecified atom stereocenters. The summed E-state index contributed by atoms with van der Waals surface area (Å²) >= 11 is 0. The Morgan fingerprint density at radius 1 is 0.964 bits per heavy atom. The Morgan fingerprint density at radius 3 is 2.29 bits per heavy atom. The number of amides is 2. The van der Waals surface area contributed by atoms with Gasteiger partial charge in [0.05, 0.1) is 0 Å². The monoisotopic (exact) mass is 381 g/mol. The number of ether oxygens (including phenoxy) is 1. The van der Waals surface area contributed by atoms with Crippen LogP contribution < -0.4 is 10.1 Å². The van der Waals surface area contributed by atoms with Crippen molar-refractivity contribution in [3.8, 4) is 5.75 Å². The number of rotatable bonds is 7. The molecule has 1 saturated heterocycles. The molecule has 6 heteroatoms. The lowest BCUT2D eigenvalue weighted by atomic mass is 10.2. The molecule has 2 amide bonds. The lowest BCUT2D eigenvalue weighted by molar-refractivity contribution is -0.136. The van der Waals surface area contributed by atoms with Crippen LogP contribution in [0.5, 0.6) is 5.75 Å². The van der Waals surface area contributed by atoms with Crippen molar-refractivity contribution >= 4 is 17.5 Å². The summed E-state index contributed by atoms with van der Waals surface area (Å²) in [5, 5.41) is 2.78. The summed E-state index contributed by atoms with van der Waals surface area (Å²) in [6, 6.07) is 17.1. The Balaban J connectivity index is 1.43. The number of anilines is 1. The van der Waals surface area contributed by atoms with Gasteiger partial charge in [0.15, 0.2) is 0 Å². The van der Waals surface area contributed by atoms with Crippen molar-refractivity contribution < 1.29 is 14.3 Å². The van der Waals surface area contributed by atoms with Crippen molar-refractivity contribution in [3.05, 3.63) is 60.2 Å². The van der Waals surface area contributed by atoms with Crippen molar-refractivity contribution in [2.45, 2.75) is 20.0 Å². The molecule has 2 aromatic rings. The average molecular weight is 381 g/mol. The molecule has 1 N–H and O–H groups in total. The van der Waals surface area contributed by atoms with Crippen LogP contribution in [0.3, 0.4) is 0 Å². The summed E-state index contributed by atoms with van der Waals surface area (Å²) in [7, 11) is 0. The molecule has 1 aliphatic rings. The zero-order chi connectivity index (χ0) is 19.8. The lowest BCUT2D eigenvalue weighted by Gasteiger charge is -2.33. The van der Waals surface area contributed by atoms with Gasteiger partial charge in [-0.3, -0.25) is 9.59 Å². The number of nitrogens with one attached hydrogen (secondary N) is 1. The molecule has 0 radical (unpaired) electrons. The fourth-order valence-corrected chi connectivity index (χ4v) is 3.14. The predicted molar refractivity (Wildman–Crippen MR) is 109 cm³/mol. The second-order valence-corrected chi connectivity index (χ2v) is 6.84. The smallest absolute Gasteiger partial charge is 0.233 e. The highest BCUT2D eigenvalue weighted by Gasteiger charge is 2.22. The molecule has 148 valence electrons. The van der Waals surface area contributed by atoms with Crippen molar-refractivity contribution in [2.75, 3.05) is 38.0 Å². The summed E-state index contributed by atoms with van der Waals surface area (Å²) in [5.41, 5.74) is 1.75. The summed E-state index contributed by atoms with van der Waals surface area (Å²) in [4.78, 5) is 28.5. The van der Waals surface area contributed by atoms with Crippen LogP contribution in [0.2, 0.25) is 0 Å². The maximum Gasteiger partial charge on any atom is 0.233 e. The van der Waals surface area contributed by atoms with E-state index in [9.17, 15) is 9.59 Å². The Kier molecular flexibility index (Phi) is 7.03. The Bertz CT molecular complexity index is 769. The molecule has 1 fully saturated rings. The number of benzene rings is 2. The topological polar surface area (TPSA) is 61.9 Å². The van der Waals surface area contributed by atoms with Crippen LogP contribution in [-0.4, -0.2) is 54.3 Å². The molecule has 0 bridgehead atoms. The van der Waals surface area contributed by atoms with Gasteiger partial charge in [0.25, 0.3) is 0 Å². The van der Waals surface area contributed by atoms with Gasteiger partial charge in [0.2, 0.25) is 11.8 Å². The van der Waals surface area contributed by atoms with E-state index in [0.717, 1.165) is 30.9 Å². The largest absolute Gasteiger partial charge is 0.489 e. The van der Waals surface area contributed by atoms with Crippen molar-refractivity contribution in [1.82, 2.24) is 9.80 Å². The third-order valence-corrected chi connectivity index (χ3v) is 4.87. The predicted octanol–water partition coefficient (Wildman–Crippen LogP) is 2.76. The fraction of sp³-hybridized carbons (Fsp3) is 0.364. The van der Waals surface area contributed by atoms with Gasteiger partial charge in [0, 0.05) is 31.9 Å². The molecule has 0 atom stereocenters. The van der Waals surface area contributed by atoms with Crippen LogP contribution in [0.4, 0.5) is 5.69 Å². The Morgan fingerprint density at radius 2 is 1.64 bits per heavy atom. The highest BCUT2D eigenvalue weighted by molar-refractivity contribution is 6.03. The number of carbonyl (C=O) groups is 2. The maximum atomic E-state index is 12.3. The third kappa shape index (κ3) is 5.82. The molecule has 6 nitrogen and oxygen atoms in total. The highest BCUT2D eigenvalue weighted by Crippen LogP contribution is 2.17. The summed E-state index contributed by atoms with van der Waals surface area (Å²) in [6.07, 6.45) is -0.127. The van der Waals surface area contributed by atoms with Crippen LogP contribution in [-0.2, 0) is 16.2 Å². The van der Waals surface area contributed by atoms with Crippen LogP contribution in [0, 0.1) is 0 Å². The molecule has 0 aliphatic carbocycles. The first-order valence-electron chi connectivity index (χ1n) is 9.71. The van der Waals surface area contributed by atoms with Gasteiger partial charge in [-0.15, -0.1) is 0 Å². The second-order valence-electron chi connectivity index (χ2n) is 6.84. The zero-order valence-electron chi connectivity index (χ0n) is 16.3. The normalized spacial score (nSPS) is 14.5. The quantitative estimate of drug-likeness (QED) is 0.749. The van der Waals surface area contributed by atoms with E-state index in [2.05, 4.69) is 17.1 Å². The minimum absolute atomic E-state index is 0.115. The van der Waals surface area contributed by atoms with E-state index in [1.54, 1.807) is 17.0 Å².